The van der Waals surface area contributed by atoms with Gasteiger partial charge in [-0.05, 0) is 40.5 Å². The van der Waals surface area contributed by atoms with Crippen molar-refractivity contribution in [2.45, 2.75) is 11.8 Å². The molecule has 21 heavy (non-hydrogen) atoms. The molecule has 1 aromatic carbocycles. The number of aryl methyl sites for hydroxylation is 1. The highest BCUT2D eigenvalue weighted by Crippen LogP contribution is 2.28. The standard InChI is InChI=1S/C13H18Br2N2O3S/c1-10-8-12(15)13(9-11(10)14)21(18,19)16-2-3-17-4-6-20-7-5-17/h8-9,16H,2-7H2,1H3. The van der Waals surface area contributed by atoms with Crippen molar-refractivity contribution in [1.82, 2.24) is 9.62 Å². The van der Waals surface area contributed by atoms with Crippen LogP contribution in [0, 0.1) is 6.92 Å². The molecule has 0 bridgehead atoms. The quantitative estimate of drug-likeness (QED) is 0.760. The number of ether oxygens (including phenoxy) is 1. The summed E-state index contributed by atoms with van der Waals surface area (Å²) in [5.74, 6) is 0. The van der Waals surface area contributed by atoms with Crippen molar-refractivity contribution in [2.24, 2.45) is 0 Å². The van der Waals surface area contributed by atoms with Gasteiger partial charge in [0.1, 0.15) is 0 Å². The van der Waals surface area contributed by atoms with Gasteiger partial charge in [0, 0.05) is 35.1 Å². The number of nitrogens with zero attached hydrogens (tertiary/aromatic N) is 1. The van der Waals surface area contributed by atoms with Crippen molar-refractivity contribution in [2.75, 3.05) is 39.4 Å². The molecule has 1 saturated heterocycles. The molecule has 0 aliphatic carbocycles. The van der Waals surface area contributed by atoms with Crippen LogP contribution in [0.4, 0.5) is 0 Å². The highest BCUT2D eigenvalue weighted by molar-refractivity contribution is 9.11. The molecule has 5 nitrogen and oxygen atoms in total. The number of morpholine rings is 1. The molecule has 1 heterocycles. The number of rotatable bonds is 5. The highest BCUT2D eigenvalue weighted by Gasteiger charge is 2.19. The molecule has 0 amide bonds. The molecule has 0 aromatic heterocycles. The van der Waals surface area contributed by atoms with Crippen molar-refractivity contribution in [3.05, 3.63) is 26.6 Å². The molecular weight excluding hydrogens is 424 g/mol. The molecule has 118 valence electrons. The van der Waals surface area contributed by atoms with E-state index in [0.29, 0.717) is 30.8 Å². The maximum Gasteiger partial charge on any atom is 0.241 e. The van der Waals surface area contributed by atoms with E-state index >= 15 is 0 Å². The van der Waals surface area contributed by atoms with Crippen LogP contribution in [0.1, 0.15) is 5.56 Å². The van der Waals surface area contributed by atoms with E-state index in [0.717, 1.165) is 23.1 Å². The summed E-state index contributed by atoms with van der Waals surface area (Å²) in [6.07, 6.45) is 0. The molecule has 2 rings (SSSR count). The summed E-state index contributed by atoms with van der Waals surface area (Å²) in [5.41, 5.74) is 0.981. The lowest BCUT2D eigenvalue weighted by molar-refractivity contribution is 0.0390. The largest absolute Gasteiger partial charge is 0.379 e. The van der Waals surface area contributed by atoms with Crippen molar-refractivity contribution in [1.29, 1.82) is 0 Å². The second kappa shape index (κ2) is 7.52. The fourth-order valence-corrected chi connectivity index (χ4v) is 4.77. The van der Waals surface area contributed by atoms with Crippen LogP contribution in [0.15, 0.2) is 26.0 Å². The minimum Gasteiger partial charge on any atom is -0.379 e. The second-order valence-electron chi connectivity index (χ2n) is 4.88. The molecule has 1 aliphatic heterocycles. The first-order chi connectivity index (χ1) is 9.90. The molecule has 0 saturated carbocycles. The molecule has 1 N–H and O–H groups in total. The molecular formula is C13H18Br2N2O3S. The Kier molecular flexibility index (Phi) is 6.22. The monoisotopic (exact) mass is 440 g/mol. The van der Waals surface area contributed by atoms with E-state index in [4.69, 9.17) is 4.74 Å². The number of nitrogens with one attached hydrogen (secondary N) is 1. The zero-order valence-electron chi connectivity index (χ0n) is 11.7. The number of hydrogen-bond donors (Lipinski definition) is 1. The summed E-state index contributed by atoms with van der Waals surface area (Å²) in [4.78, 5) is 2.44. The molecule has 0 radical (unpaired) electrons. The lowest BCUT2D eigenvalue weighted by Gasteiger charge is -2.26. The van der Waals surface area contributed by atoms with E-state index < -0.39 is 10.0 Å². The molecule has 8 heteroatoms. The van der Waals surface area contributed by atoms with Crippen LogP contribution < -0.4 is 4.72 Å². The number of sulfonamides is 1. The van der Waals surface area contributed by atoms with Gasteiger partial charge in [0.05, 0.1) is 18.1 Å². The van der Waals surface area contributed by atoms with Gasteiger partial charge in [-0.15, -0.1) is 0 Å². The highest BCUT2D eigenvalue weighted by atomic mass is 79.9. The Morgan fingerprint density at radius 3 is 2.57 bits per heavy atom. The van der Waals surface area contributed by atoms with Gasteiger partial charge in [-0.3, -0.25) is 4.90 Å². The predicted molar refractivity (Wildman–Crippen MR) is 89.0 cm³/mol. The van der Waals surface area contributed by atoms with Gasteiger partial charge in [0.25, 0.3) is 0 Å². The zero-order chi connectivity index (χ0) is 15.5. The van der Waals surface area contributed by atoms with Gasteiger partial charge < -0.3 is 4.74 Å². The zero-order valence-corrected chi connectivity index (χ0v) is 15.7. The molecule has 0 atom stereocenters. The first-order valence-corrected chi connectivity index (χ1v) is 9.72. The minimum absolute atomic E-state index is 0.252. The van der Waals surface area contributed by atoms with Crippen LogP contribution in [0.25, 0.3) is 0 Å². The maximum absolute atomic E-state index is 12.4. The van der Waals surface area contributed by atoms with Crippen LogP contribution in [0.5, 0.6) is 0 Å². The number of benzene rings is 1. The second-order valence-corrected chi connectivity index (χ2v) is 8.33. The SMILES string of the molecule is Cc1cc(Br)c(S(=O)(=O)NCCN2CCOCC2)cc1Br. The Labute approximate surface area is 142 Å². The van der Waals surface area contributed by atoms with Crippen molar-refractivity contribution in [3.8, 4) is 0 Å². The summed E-state index contributed by atoms with van der Waals surface area (Å²) < 4.78 is 34.0. The van der Waals surface area contributed by atoms with Crippen molar-refractivity contribution in [3.63, 3.8) is 0 Å². The van der Waals surface area contributed by atoms with Gasteiger partial charge in [0.2, 0.25) is 10.0 Å². The third kappa shape index (κ3) is 4.74. The Morgan fingerprint density at radius 2 is 1.90 bits per heavy atom. The fourth-order valence-electron chi connectivity index (χ4n) is 2.07. The average Bonchev–Trinajstić information content (AvgIpc) is 2.43. The normalized spacial score (nSPS) is 17.1. The third-order valence-corrected chi connectivity index (χ3v) is 6.60. The Morgan fingerprint density at radius 1 is 1.24 bits per heavy atom. The first kappa shape index (κ1) is 17.4. The van der Waals surface area contributed by atoms with E-state index in [1.807, 2.05) is 6.92 Å². The molecule has 0 unspecified atom stereocenters. The fraction of sp³-hybridized carbons (Fsp3) is 0.538. The van der Waals surface area contributed by atoms with E-state index in [9.17, 15) is 8.42 Å². The van der Waals surface area contributed by atoms with Gasteiger partial charge in [-0.1, -0.05) is 15.9 Å². The summed E-state index contributed by atoms with van der Waals surface area (Å²) in [7, 11) is -3.52. The van der Waals surface area contributed by atoms with Crippen LogP contribution >= 0.6 is 31.9 Å². The lowest BCUT2D eigenvalue weighted by atomic mass is 10.2. The molecule has 0 spiro atoms. The van der Waals surface area contributed by atoms with Crippen LogP contribution in [-0.2, 0) is 14.8 Å². The smallest absolute Gasteiger partial charge is 0.241 e. The Bertz CT molecular complexity index is 602. The molecule has 1 aromatic rings. The predicted octanol–water partition coefficient (Wildman–Crippen LogP) is 2.13. The van der Waals surface area contributed by atoms with Gasteiger partial charge >= 0.3 is 0 Å². The van der Waals surface area contributed by atoms with Gasteiger partial charge in [-0.2, -0.15) is 0 Å². The summed E-state index contributed by atoms with van der Waals surface area (Å²) >= 11 is 6.69. The molecule has 1 fully saturated rings. The topological polar surface area (TPSA) is 58.6 Å². The number of halogens is 2. The van der Waals surface area contributed by atoms with E-state index in [1.54, 1.807) is 12.1 Å². The van der Waals surface area contributed by atoms with Crippen molar-refractivity contribution < 1.29 is 13.2 Å². The van der Waals surface area contributed by atoms with Crippen LogP contribution in [0.2, 0.25) is 0 Å². The maximum atomic E-state index is 12.4. The minimum atomic E-state index is -3.52. The summed E-state index contributed by atoms with van der Waals surface area (Å²) in [5, 5.41) is 0. The lowest BCUT2D eigenvalue weighted by Crippen LogP contribution is -2.41. The van der Waals surface area contributed by atoms with Crippen molar-refractivity contribution >= 4 is 41.9 Å². The van der Waals surface area contributed by atoms with E-state index in [1.165, 1.54) is 0 Å². The Balaban J connectivity index is 1.99. The van der Waals surface area contributed by atoms with Gasteiger partial charge in [-0.25, -0.2) is 13.1 Å². The van der Waals surface area contributed by atoms with E-state index in [-0.39, 0.29) is 4.90 Å². The van der Waals surface area contributed by atoms with Gasteiger partial charge in [0.15, 0.2) is 0 Å². The molecule has 1 aliphatic rings. The van der Waals surface area contributed by atoms with Crippen LogP contribution in [-0.4, -0.2) is 52.7 Å². The third-order valence-electron chi connectivity index (χ3n) is 3.33. The van der Waals surface area contributed by atoms with Crippen LogP contribution in [0.3, 0.4) is 0 Å². The first-order valence-electron chi connectivity index (χ1n) is 6.65. The summed E-state index contributed by atoms with van der Waals surface area (Å²) in [6.45, 7) is 6.11. The Hall–Kier alpha value is 0.01000. The average molecular weight is 442 g/mol. The van der Waals surface area contributed by atoms with E-state index in [2.05, 4.69) is 41.5 Å². The summed E-state index contributed by atoms with van der Waals surface area (Å²) in [6, 6.07) is 3.41. The number of hydrogen-bond acceptors (Lipinski definition) is 4.